The number of nitrogens with zero attached hydrogens (tertiary/aromatic N) is 2. The topological polar surface area (TPSA) is 44.1 Å². The van der Waals surface area contributed by atoms with E-state index < -0.39 is 0 Å². The summed E-state index contributed by atoms with van der Waals surface area (Å²) in [7, 11) is 1.83. The highest BCUT2D eigenvalue weighted by Gasteiger charge is 2.11. The van der Waals surface area contributed by atoms with Gasteiger partial charge in [-0.1, -0.05) is 12.1 Å². The van der Waals surface area contributed by atoms with Crippen LogP contribution in [-0.4, -0.2) is 29.6 Å². The van der Waals surface area contributed by atoms with Gasteiger partial charge in [0.2, 0.25) is 5.91 Å². The van der Waals surface area contributed by atoms with Crippen molar-refractivity contribution < 1.29 is 4.79 Å². The largest absolute Gasteiger partial charge is 0.343 e. The summed E-state index contributed by atoms with van der Waals surface area (Å²) in [6, 6.07) is 9.80. The molecule has 0 aliphatic heterocycles. The molecule has 0 aromatic heterocycles. The zero-order valence-corrected chi connectivity index (χ0v) is 11.8. The Kier molecular flexibility index (Phi) is 5.73. The Labute approximate surface area is 113 Å². The quantitative estimate of drug-likeness (QED) is 0.819. The summed E-state index contributed by atoms with van der Waals surface area (Å²) in [5.74, 6) is 1.45. The highest BCUT2D eigenvalue weighted by molar-refractivity contribution is 7.99. The second-order valence-electron chi connectivity index (χ2n) is 4.40. The first-order valence-electron chi connectivity index (χ1n) is 5.87. The van der Waals surface area contributed by atoms with Gasteiger partial charge in [0.1, 0.15) is 0 Å². The van der Waals surface area contributed by atoms with Gasteiger partial charge < -0.3 is 4.90 Å². The fourth-order valence-corrected chi connectivity index (χ4v) is 2.23. The maximum absolute atomic E-state index is 11.7. The van der Waals surface area contributed by atoms with Gasteiger partial charge in [0.15, 0.2) is 0 Å². The number of benzene rings is 1. The molecule has 1 aromatic rings. The summed E-state index contributed by atoms with van der Waals surface area (Å²) in [6.45, 7) is 4.01. The van der Waals surface area contributed by atoms with Crippen LogP contribution < -0.4 is 0 Å². The molecule has 0 spiro atoms. The standard InChI is InChI=1S/C14H18N2OS/c1-11(2)16(3)14(17)10-18-9-13-6-4-12(8-15)5-7-13/h4-7,11H,9-10H2,1-3H3. The lowest BCUT2D eigenvalue weighted by atomic mass is 10.2. The third kappa shape index (κ3) is 4.42. The molecule has 0 saturated heterocycles. The molecule has 0 heterocycles. The Hall–Kier alpha value is -1.47. The minimum Gasteiger partial charge on any atom is -0.343 e. The maximum atomic E-state index is 11.7. The zero-order valence-electron chi connectivity index (χ0n) is 11.0. The van der Waals surface area contributed by atoms with E-state index in [0.29, 0.717) is 11.3 Å². The van der Waals surface area contributed by atoms with Gasteiger partial charge in [-0.2, -0.15) is 5.26 Å². The summed E-state index contributed by atoms with van der Waals surface area (Å²) in [5.41, 5.74) is 1.80. The van der Waals surface area contributed by atoms with Crippen molar-refractivity contribution in [3.8, 4) is 6.07 Å². The van der Waals surface area contributed by atoms with E-state index in [1.165, 1.54) is 0 Å². The van der Waals surface area contributed by atoms with Gasteiger partial charge in [0.25, 0.3) is 0 Å². The van der Waals surface area contributed by atoms with E-state index in [9.17, 15) is 4.79 Å². The highest BCUT2D eigenvalue weighted by Crippen LogP contribution is 2.13. The molecule has 0 atom stereocenters. The van der Waals surface area contributed by atoms with Crippen LogP contribution in [-0.2, 0) is 10.5 Å². The van der Waals surface area contributed by atoms with E-state index in [4.69, 9.17) is 5.26 Å². The number of amides is 1. The first-order valence-corrected chi connectivity index (χ1v) is 7.02. The third-order valence-corrected chi connectivity index (χ3v) is 3.73. The third-order valence-electron chi connectivity index (χ3n) is 2.75. The molecule has 1 amide bonds. The predicted octanol–water partition coefficient (Wildman–Crippen LogP) is 2.66. The van der Waals surface area contributed by atoms with Crippen molar-refractivity contribution in [2.45, 2.75) is 25.6 Å². The van der Waals surface area contributed by atoms with Crippen molar-refractivity contribution in [2.75, 3.05) is 12.8 Å². The van der Waals surface area contributed by atoms with Crippen LogP contribution in [0.1, 0.15) is 25.0 Å². The van der Waals surface area contributed by atoms with Gasteiger partial charge in [-0.05, 0) is 31.5 Å². The van der Waals surface area contributed by atoms with Crippen LogP contribution in [0.3, 0.4) is 0 Å². The lowest BCUT2D eigenvalue weighted by molar-refractivity contribution is -0.128. The maximum Gasteiger partial charge on any atom is 0.232 e. The monoisotopic (exact) mass is 262 g/mol. The normalized spacial score (nSPS) is 10.2. The molecular weight excluding hydrogens is 244 g/mol. The molecule has 1 aromatic carbocycles. The summed E-state index contributed by atoms with van der Waals surface area (Å²) in [6.07, 6.45) is 0. The number of hydrogen-bond acceptors (Lipinski definition) is 3. The van der Waals surface area contributed by atoms with E-state index >= 15 is 0 Å². The number of hydrogen-bond donors (Lipinski definition) is 0. The number of thioether (sulfide) groups is 1. The molecular formula is C14H18N2OS. The molecule has 18 heavy (non-hydrogen) atoms. The lowest BCUT2D eigenvalue weighted by Gasteiger charge is -2.21. The van der Waals surface area contributed by atoms with E-state index in [-0.39, 0.29) is 11.9 Å². The Morgan fingerprint density at radius 2 is 2.00 bits per heavy atom. The molecule has 0 aliphatic rings. The first kappa shape index (κ1) is 14.6. The predicted molar refractivity (Wildman–Crippen MR) is 75.2 cm³/mol. The Morgan fingerprint density at radius 3 is 2.50 bits per heavy atom. The second-order valence-corrected chi connectivity index (χ2v) is 5.39. The van der Waals surface area contributed by atoms with E-state index in [1.807, 2.05) is 33.0 Å². The molecule has 96 valence electrons. The Bertz CT molecular complexity index is 434. The molecule has 1 rings (SSSR count). The molecule has 3 nitrogen and oxygen atoms in total. The summed E-state index contributed by atoms with van der Waals surface area (Å²) >= 11 is 1.60. The van der Waals surface area contributed by atoms with Crippen molar-refractivity contribution in [1.29, 1.82) is 5.26 Å². The number of carbonyl (C=O) groups is 1. The van der Waals surface area contributed by atoms with Gasteiger partial charge in [-0.15, -0.1) is 11.8 Å². The smallest absolute Gasteiger partial charge is 0.232 e. The Morgan fingerprint density at radius 1 is 1.39 bits per heavy atom. The number of rotatable bonds is 5. The molecule has 0 fully saturated rings. The van der Waals surface area contributed by atoms with Crippen LogP contribution in [0.15, 0.2) is 24.3 Å². The van der Waals surface area contributed by atoms with Crippen molar-refractivity contribution >= 4 is 17.7 Å². The SMILES string of the molecule is CC(C)N(C)C(=O)CSCc1ccc(C#N)cc1. The van der Waals surface area contributed by atoms with E-state index in [2.05, 4.69) is 6.07 Å². The average molecular weight is 262 g/mol. The van der Waals surface area contributed by atoms with Crippen LogP contribution in [0.4, 0.5) is 0 Å². The van der Waals surface area contributed by atoms with E-state index in [1.54, 1.807) is 28.8 Å². The van der Waals surface area contributed by atoms with Crippen LogP contribution >= 0.6 is 11.8 Å². The van der Waals surface area contributed by atoms with Crippen molar-refractivity contribution in [2.24, 2.45) is 0 Å². The van der Waals surface area contributed by atoms with Gasteiger partial charge >= 0.3 is 0 Å². The number of nitriles is 1. The minimum absolute atomic E-state index is 0.156. The van der Waals surface area contributed by atoms with Crippen LogP contribution in [0.5, 0.6) is 0 Å². The number of carbonyl (C=O) groups excluding carboxylic acids is 1. The molecule has 0 unspecified atom stereocenters. The second kappa shape index (κ2) is 7.07. The zero-order chi connectivity index (χ0) is 13.5. The van der Waals surface area contributed by atoms with Gasteiger partial charge in [-0.25, -0.2) is 0 Å². The summed E-state index contributed by atoms with van der Waals surface area (Å²) in [5, 5.41) is 8.68. The van der Waals surface area contributed by atoms with Gasteiger partial charge in [0.05, 0.1) is 17.4 Å². The van der Waals surface area contributed by atoms with Crippen molar-refractivity contribution in [3.05, 3.63) is 35.4 Å². The van der Waals surface area contributed by atoms with Crippen LogP contribution in [0.2, 0.25) is 0 Å². The molecule has 0 radical (unpaired) electrons. The summed E-state index contributed by atoms with van der Waals surface area (Å²) < 4.78 is 0. The van der Waals surface area contributed by atoms with Crippen molar-refractivity contribution in [3.63, 3.8) is 0 Å². The molecule has 0 aliphatic carbocycles. The van der Waals surface area contributed by atoms with Crippen LogP contribution in [0, 0.1) is 11.3 Å². The van der Waals surface area contributed by atoms with Crippen LogP contribution in [0.25, 0.3) is 0 Å². The summed E-state index contributed by atoms with van der Waals surface area (Å²) in [4.78, 5) is 13.5. The fourth-order valence-electron chi connectivity index (χ4n) is 1.32. The highest BCUT2D eigenvalue weighted by atomic mass is 32.2. The molecule has 0 saturated carbocycles. The first-order chi connectivity index (χ1) is 8.54. The van der Waals surface area contributed by atoms with E-state index in [0.717, 1.165) is 11.3 Å². The molecule has 4 heteroatoms. The molecule has 0 N–H and O–H groups in total. The van der Waals surface area contributed by atoms with Gasteiger partial charge in [0, 0.05) is 18.8 Å². The average Bonchev–Trinajstić information content (AvgIpc) is 2.38. The lowest BCUT2D eigenvalue weighted by Crippen LogP contribution is -2.34. The molecule has 0 bridgehead atoms. The van der Waals surface area contributed by atoms with Crippen molar-refractivity contribution in [1.82, 2.24) is 4.90 Å². The minimum atomic E-state index is 0.156. The Balaban J connectivity index is 2.37. The van der Waals surface area contributed by atoms with Gasteiger partial charge in [-0.3, -0.25) is 4.79 Å². The fraction of sp³-hybridized carbons (Fsp3) is 0.429.